The molecule has 1 atom stereocenters. The Morgan fingerprint density at radius 3 is 2.61 bits per heavy atom. The van der Waals surface area contributed by atoms with Crippen LogP contribution in [0.5, 0.6) is 5.75 Å². The Hall–Kier alpha value is -2.59. The van der Waals surface area contributed by atoms with Crippen LogP contribution in [0.4, 0.5) is 0 Å². The molecule has 0 aliphatic carbocycles. The van der Waals surface area contributed by atoms with E-state index in [0.717, 1.165) is 32.2 Å². The molecule has 1 unspecified atom stereocenters. The van der Waals surface area contributed by atoms with Gasteiger partial charge in [-0.25, -0.2) is 0 Å². The van der Waals surface area contributed by atoms with Crippen molar-refractivity contribution < 1.29 is 14.6 Å². The van der Waals surface area contributed by atoms with E-state index < -0.39 is 5.97 Å². The molecule has 1 aliphatic rings. The first-order valence-corrected chi connectivity index (χ1v) is 8.19. The Kier molecular flexibility index (Phi) is 3.39. The fraction of sp³-hybridized carbons (Fsp3) is 0.105. The van der Waals surface area contributed by atoms with Crippen LogP contribution in [0.2, 0.25) is 0 Å². The predicted molar refractivity (Wildman–Crippen MR) is 90.0 cm³/mol. The number of benzene rings is 2. The third kappa shape index (κ3) is 2.51. The molecule has 0 fully saturated rings. The first-order chi connectivity index (χ1) is 11.2. The zero-order valence-electron chi connectivity index (χ0n) is 12.2. The molecule has 1 N–H and O–H groups in total. The molecule has 0 saturated heterocycles. The quantitative estimate of drug-likeness (QED) is 0.771. The second kappa shape index (κ2) is 5.56. The van der Waals surface area contributed by atoms with Crippen LogP contribution in [0.25, 0.3) is 10.4 Å². The molecule has 1 aliphatic heterocycles. The Morgan fingerprint density at radius 1 is 1.09 bits per heavy atom. The molecule has 1 aromatic heterocycles. The fourth-order valence-corrected chi connectivity index (χ4v) is 4.13. The van der Waals surface area contributed by atoms with Crippen molar-refractivity contribution in [3.05, 3.63) is 76.7 Å². The lowest BCUT2D eigenvalue weighted by molar-refractivity contribution is -0.136. The second-order valence-corrected chi connectivity index (χ2v) is 6.61. The number of carbonyl (C=O) groups is 1. The summed E-state index contributed by atoms with van der Waals surface area (Å²) in [7, 11) is 0. The van der Waals surface area contributed by atoms with Gasteiger partial charge in [0, 0.05) is 20.9 Å². The molecule has 0 saturated carbocycles. The average Bonchev–Trinajstić information content (AvgIpc) is 2.98. The molecule has 2 heterocycles. The summed E-state index contributed by atoms with van der Waals surface area (Å²) in [6, 6.07) is 19.9. The van der Waals surface area contributed by atoms with Crippen LogP contribution in [-0.2, 0) is 11.2 Å². The fourth-order valence-electron chi connectivity index (χ4n) is 2.92. The molecular weight excluding hydrogens is 308 g/mol. The molecule has 0 bridgehead atoms. The smallest absolute Gasteiger partial charge is 0.308 e. The number of hydrogen-bond donors (Lipinski definition) is 1. The highest BCUT2D eigenvalue weighted by atomic mass is 32.1. The maximum atomic E-state index is 11.1. The van der Waals surface area contributed by atoms with E-state index in [-0.39, 0.29) is 12.5 Å². The second-order valence-electron chi connectivity index (χ2n) is 5.47. The Bertz CT molecular complexity index is 867. The number of hydrogen-bond acceptors (Lipinski definition) is 3. The highest BCUT2D eigenvalue weighted by molar-refractivity contribution is 7.15. The minimum atomic E-state index is -0.811. The molecule has 23 heavy (non-hydrogen) atoms. The van der Waals surface area contributed by atoms with Crippen molar-refractivity contribution in [2.75, 3.05) is 0 Å². The normalized spacial score (nSPS) is 15.4. The van der Waals surface area contributed by atoms with E-state index >= 15 is 0 Å². The molecule has 3 aromatic rings. The van der Waals surface area contributed by atoms with Gasteiger partial charge in [-0.15, -0.1) is 11.3 Å². The van der Waals surface area contributed by atoms with Crippen LogP contribution in [0.15, 0.2) is 60.7 Å². The van der Waals surface area contributed by atoms with Crippen molar-refractivity contribution in [3.8, 4) is 16.2 Å². The third-order valence-electron chi connectivity index (χ3n) is 3.90. The molecule has 0 amide bonds. The van der Waals surface area contributed by atoms with Crippen molar-refractivity contribution in [2.45, 2.75) is 12.5 Å². The first-order valence-electron chi connectivity index (χ1n) is 7.38. The van der Waals surface area contributed by atoms with Gasteiger partial charge in [0.1, 0.15) is 5.75 Å². The van der Waals surface area contributed by atoms with E-state index in [2.05, 4.69) is 0 Å². The number of thiophene rings is 1. The highest BCUT2D eigenvalue weighted by Gasteiger charge is 2.29. The lowest BCUT2D eigenvalue weighted by Crippen LogP contribution is -2.13. The lowest BCUT2D eigenvalue weighted by Gasteiger charge is -2.26. The van der Waals surface area contributed by atoms with E-state index in [1.54, 1.807) is 11.3 Å². The average molecular weight is 322 g/mol. The van der Waals surface area contributed by atoms with Gasteiger partial charge in [0.25, 0.3) is 0 Å². The zero-order chi connectivity index (χ0) is 15.8. The van der Waals surface area contributed by atoms with Crippen molar-refractivity contribution in [3.63, 3.8) is 0 Å². The van der Waals surface area contributed by atoms with Gasteiger partial charge in [-0.1, -0.05) is 42.5 Å². The summed E-state index contributed by atoms with van der Waals surface area (Å²) < 4.78 is 6.22. The van der Waals surface area contributed by atoms with Gasteiger partial charge in [-0.3, -0.25) is 4.79 Å². The predicted octanol–water partition coefficient (Wildman–Crippen LogP) is 4.52. The summed E-state index contributed by atoms with van der Waals surface area (Å²) in [5.41, 5.74) is 3.16. The molecule has 0 spiro atoms. The number of ether oxygens (including phenoxy) is 1. The monoisotopic (exact) mass is 322 g/mol. The number of aliphatic carboxylic acids is 1. The van der Waals surface area contributed by atoms with Crippen molar-refractivity contribution in [2.24, 2.45) is 0 Å². The molecule has 114 valence electrons. The summed E-state index contributed by atoms with van der Waals surface area (Å²) in [4.78, 5) is 13.0. The number of carboxylic acid groups (broad SMARTS) is 1. The minimum absolute atomic E-state index is 0.0430. The van der Waals surface area contributed by atoms with Crippen LogP contribution >= 0.6 is 11.3 Å². The first kappa shape index (κ1) is 14.0. The molecule has 4 heteroatoms. The zero-order valence-corrected chi connectivity index (χ0v) is 13.0. The third-order valence-corrected chi connectivity index (χ3v) is 5.08. The number of rotatable bonds is 3. The van der Waals surface area contributed by atoms with E-state index in [1.807, 2.05) is 60.7 Å². The van der Waals surface area contributed by atoms with E-state index in [0.29, 0.717) is 0 Å². The largest absolute Gasteiger partial charge is 0.481 e. The highest BCUT2D eigenvalue weighted by Crippen LogP contribution is 2.48. The van der Waals surface area contributed by atoms with Crippen LogP contribution < -0.4 is 4.74 Å². The number of para-hydroxylation sites is 1. The topological polar surface area (TPSA) is 46.5 Å². The van der Waals surface area contributed by atoms with Crippen LogP contribution in [0, 0.1) is 0 Å². The van der Waals surface area contributed by atoms with E-state index in [9.17, 15) is 4.79 Å². The van der Waals surface area contributed by atoms with Crippen LogP contribution in [-0.4, -0.2) is 11.1 Å². The Labute approximate surface area is 137 Å². The van der Waals surface area contributed by atoms with Gasteiger partial charge in [-0.2, -0.15) is 0 Å². The van der Waals surface area contributed by atoms with Gasteiger partial charge in [0.15, 0.2) is 6.10 Å². The maximum Gasteiger partial charge on any atom is 0.308 e. The van der Waals surface area contributed by atoms with Gasteiger partial charge in [-0.05, 0) is 23.8 Å². The molecule has 0 radical (unpaired) electrons. The molecule has 4 rings (SSSR count). The minimum Gasteiger partial charge on any atom is -0.481 e. The maximum absolute atomic E-state index is 11.1. The summed E-state index contributed by atoms with van der Waals surface area (Å²) in [6.45, 7) is 0. The summed E-state index contributed by atoms with van der Waals surface area (Å²) in [5.74, 6) is 0.0339. The summed E-state index contributed by atoms with van der Waals surface area (Å²) >= 11 is 1.54. The van der Waals surface area contributed by atoms with Crippen LogP contribution in [0.3, 0.4) is 0 Å². The molecular formula is C19H14O3S. The van der Waals surface area contributed by atoms with Crippen LogP contribution in [0.1, 0.15) is 22.1 Å². The number of fused-ring (bicyclic) bond motifs is 3. The molecule has 3 nitrogen and oxygen atoms in total. The van der Waals surface area contributed by atoms with Gasteiger partial charge >= 0.3 is 5.97 Å². The van der Waals surface area contributed by atoms with Gasteiger partial charge in [0.05, 0.1) is 6.42 Å². The van der Waals surface area contributed by atoms with Crippen molar-refractivity contribution >= 4 is 17.3 Å². The van der Waals surface area contributed by atoms with E-state index in [4.69, 9.17) is 9.84 Å². The van der Waals surface area contributed by atoms with E-state index in [1.165, 1.54) is 0 Å². The standard InChI is InChI=1S/C19H14O3S/c20-17(21)11-13-10-15-18(12-6-2-1-3-7-12)22-16-9-5-4-8-14(16)19(15)23-13/h1-10,18H,11H2,(H,20,21). The Morgan fingerprint density at radius 2 is 1.83 bits per heavy atom. The summed E-state index contributed by atoms with van der Waals surface area (Å²) in [5, 5.41) is 9.08. The SMILES string of the molecule is O=C(O)Cc1cc2c(s1)-c1ccccc1OC2c1ccccc1. The van der Waals surface area contributed by atoms with Gasteiger partial charge < -0.3 is 9.84 Å². The lowest BCUT2D eigenvalue weighted by atomic mass is 9.96. The van der Waals surface area contributed by atoms with Crippen molar-refractivity contribution in [1.82, 2.24) is 0 Å². The number of carboxylic acids is 1. The molecule has 2 aromatic carbocycles. The summed E-state index contributed by atoms with van der Waals surface area (Å²) in [6.07, 6.45) is -0.152. The van der Waals surface area contributed by atoms with Crippen molar-refractivity contribution in [1.29, 1.82) is 0 Å². The Balaban J connectivity index is 1.87. The van der Waals surface area contributed by atoms with Gasteiger partial charge in [0.2, 0.25) is 0 Å².